The highest BCUT2D eigenvalue weighted by Gasteiger charge is 2.17. The number of rotatable bonds is 1. The molecule has 3 nitrogen and oxygen atoms in total. The predicted octanol–water partition coefficient (Wildman–Crippen LogP) is 4.31. The summed E-state index contributed by atoms with van der Waals surface area (Å²) in [6.45, 7) is 3.99. The molecule has 3 aromatic rings. The van der Waals surface area contributed by atoms with Crippen molar-refractivity contribution in [1.29, 1.82) is 0 Å². The summed E-state index contributed by atoms with van der Waals surface area (Å²) in [4.78, 5) is 14.1. The van der Waals surface area contributed by atoms with Crippen LogP contribution in [-0.4, -0.2) is 15.0 Å². The van der Waals surface area contributed by atoms with Gasteiger partial charge in [0.15, 0.2) is 5.82 Å². The van der Waals surface area contributed by atoms with Gasteiger partial charge in [-0.3, -0.25) is 0 Å². The van der Waals surface area contributed by atoms with Crippen LogP contribution in [0.1, 0.15) is 28.9 Å². The minimum Gasteiger partial charge on any atom is -0.244 e. The molecule has 3 heteroatoms. The van der Waals surface area contributed by atoms with Crippen LogP contribution in [0.2, 0.25) is 0 Å². The summed E-state index contributed by atoms with van der Waals surface area (Å²) in [5, 5.41) is 0. The lowest BCUT2D eigenvalue weighted by Gasteiger charge is -2.10. The molecule has 0 aliphatic heterocycles. The number of nitrogens with zero attached hydrogens (tertiary/aromatic N) is 3. The average Bonchev–Trinajstić information content (AvgIpc) is 2.73. The number of aryl methyl sites for hydroxylation is 4. The van der Waals surface area contributed by atoms with Crippen LogP contribution in [0.5, 0.6) is 0 Å². The first kappa shape index (κ1) is 14.1. The number of fused-ring (bicyclic) bond motifs is 3. The molecular formula is C20H19N3. The van der Waals surface area contributed by atoms with Crippen LogP contribution in [0.4, 0.5) is 0 Å². The smallest absolute Gasteiger partial charge is 0.178 e. The van der Waals surface area contributed by atoms with Crippen LogP contribution in [-0.2, 0) is 12.8 Å². The second kappa shape index (κ2) is 5.58. The van der Waals surface area contributed by atoms with Gasteiger partial charge in [0.1, 0.15) is 5.69 Å². The molecule has 0 atom stereocenters. The minimum atomic E-state index is 0.715. The maximum absolute atomic E-state index is 4.94. The van der Waals surface area contributed by atoms with Crippen molar-refractivity contribution in [3.63, 3.8) is 0 Å². The first-order chi connectivity index (χ1) is 11.2. The maximum atomic E-state index is 4.94. The van der Waals surface area contributed by atoms with Gasteiger partial charge in [-0.05, 0) is 56.4 Å². The van der Waals surface area contributed by atoms with E-state index in [9.17, 15) is 0 Å². The molecule has 0 saturated carbocycles. The highest BCUT2D eigenvalue weighted by Crippen LogP contribution is 2.32. The molecule has 114 valence electrons. The van der Waals surface area contributed by atoms with E-state index in [-0.39, 0.29) is 0 Å². The molecule has 0 spiro atoms. The molecule has 0 unspecified atom stereocenters. The molecule has 0 N–H and O–H groups in total. The van der Waals surface area contributed by atoms with E-state index >= 15 is 0 Å². The van der Waals surface area contributed by atoms with Gasteiger partial charge < -0.3 is 0 Å². The zero-order valence-electron chi connectivity index (χ0n) is 13.5. The predicted molar refractivity (Wildman–Crippen MR) is 92.2 cm³/mol. The van der Waals surface area contributed by atoms with Crippen LogP contribution in [0.3, 0.4) is 0 Å². The molecule has 0 radical (unpaired) electrons. The summed E-state index contributed by atoms with van der Waals surface area (Å²) in [5.74, 6) is 0.715. The second-order valence-electron chi connectivity index (χ2n) is 6.19. The number of hydrogen-bond acceptors (Lipinski definition) is 3. The zero-order chi connectivity index (χ0) is 15.8. The van der Waals surface area contributed by atoms with Crippen molar-refractivity contribution in [3.8, 4) is 22.8 Å². The number of pyridine rings is 1. The van der Waals surface area contributed by atoms with Gasteiger partial charge in [-0.15, -0.1) is 0 Å². The average molecular weight is 301 g/mol. The molecule has 0 amide bonds. The Morgan fingerprint density at radius 1 is 0.783 bits per heavy atom. The quantitative estimate of drug-likeness (QED) is 0.672. The zero-order valence-corrected chi connectivity index (χ0v) is 13.5. The van der Waals surface area contributed by atoms with E-state index in [2.05, 4.69) is 46.4 Å². The molecule has 2 aromatic heterocycles. The van der Waals surface area contributed by atoms with E-state index in [0.29, 0.717) is 5.82 Å². The molecule has 23 heavy (non-hydrogen) atoms. The number of aromatic nitrogens is 3. The highest BCUT2D eigenvalue weighted by molar-refractivity contribution is 5.70. The van der Waals surface area contributed by atoms with Crippen molar-refractivity contribution in [1.82, 2.24) is 15.0 Å². The Hall–Kier alpha value is -2.55. The first-order valence-electron chi connectivity index (χ1n) is 8.11. The monoisotopic (exact) mass is 301 g/mol. The minimum absolute atomic E-state index is 0.715. The van der Waals surface area contributed by atoms with E-state index in [4.69, 9.17) is 4.98 Å². The SMILES string of the molecule is Cc1cc(C)nc(-c2ccc3c(n2)-c2ccccc2CCC3)n1. The van der Waals surface area contributed by atoms with E-state index in [0.717, 1.165) is 35.6 Å². The van der Waals surface area contributed by atoms with Crippen molar-refractivity contribution in [2.45, 2.75) is 33.1 Å². The largest absolute Gasteiger partial charge is 0.244 e. The van der Waals surface area contributed by atoms with Crippen LogP contribution >= 0.6 is 0 Å². The number of hydrogen-bond donors (Lipinski definition) is 0. The van der Waals surface area contributed by atoms with Gasteiger partial charge in [-0.25, -0.2) is 15.0 Å². The lowest BCUT2D eigenvalue weighted by Crippen LogP contribution is -1.99. The second-order valence-corrected chi connectivity index (χ2v) is 6.19. The van der Waals surface area contributed by atoms with Gasteiger partial charge in [0, 0.05) is 17.0 Å². The summed E-state index contributed by atoms with van der Waals surface area (Å²) < 4.78 is 0. The topological polar surface area (TPSA) is 38.7 Å². The van der Waals surface area contributed by atoms with Crippen molar-refractivity contribution >= 4 is 0 Å². The highest BCUT2D eigenvalue weighted by atomic mass is 14.9. The Bertz CT molecular complexity index is 864. The van der Waals surface area contributed by atoms with E-state index in [1.54, 1.807) is 0 Å². The van der Waals surface area contributed by atoms with Gasteiger partial charge in [0.05, 0.1) is 5.69 Å². The third kappa shape index (κ3) is 2.63. The summed E-state index contributed by atoms with van der Waals surface area (Å²) in [7, 11) is 0. The Morgan fingerprint density at radius 3 is 2.35 bits per heavy atom. The van der Waals surface area contributed by atoms with Crippen LogP contribution in [0.15, 0.2) is 42.5 Å². The van der Waals surface area contributed by atoms with Crippen molar-refractivity contribution in [2.24, 2.45) is 0 Å². The van der Waals surface area contributed by atoms with Crippen molar-refractivity contribution < 1.29 is 0 Å². The van der Waals surface area contributed by atoms with E-state index in [1.807, 2.05) is 19.9 Å². The van der Waals surface area contributed by atoms with Crippen LogP contribution in [0.25, 0.3) is 22.8 Å². The van der Waals surface area contributed by atoms with E-state index < -0.39 is 0 Å². The summed E-state index contributed by atoms with van der Waals surface area (Å²) in [6.07, 6.45) is 3.36. The molecule has 4 rings (SSSR count). The first-order valence-corrected chi connectivity index (χ1v) is 8.11. The third-order valence-electron chi connectivity index (χ3n) is 4.35. The fraction of sp³-hybridized carbons (Fsp3) is 0.250. The Labute approximate surface area is 136 Å². The third-order valence-corrected chi connectivity index (χ3v) is 4.35. The molecule has 1 aliphatic carbocycles. The van der Waals surface area contributed by atoms with Crippen LogP contribution < -0.4 is 0 Å². The summed E-state index contributed by atoms with van der Waals surface area (Å²) in [5.41, 5.74) is 7.87. The van der Waals surface area contributed by atoms with Gasteiger partial charge in [-0.1, -0.05) is 30.3 Å². The molecule has 1 aromatic carbocycles. The fourth-order valence-electron chi connectivity index (χ4n) is 3.33. The molecule has 1 aliphatic rings. The lowest BCUT2D eigenvalue weighted by atomic mass is 10.0. The van der Waals surface area contributed by atoms with Gasteiger partial charge in [-0.2, -0.15) is 0 Å². The van der Waals surface area contributed by atoms with Crippen LogP contribution in [0, 0.1) is 13.8 Å². The molecule has 0 fully saturated rings. The lowest BCUT2D eigenvalue weighted by molar-refractivity contribution is 0.833. The Balaban J connectivity index is 1.90. The van der Waals surface area contributed by atoms with E-state index in [1.165, 1.54) is 23.1 Å². The standard InChI is InChI=1S/C20H19N3/c1-13-12-14(2)22-20(21-13)18-11-10-16-8-5-7-15-6-3-4-9-17(15)19(16)23-18/h3-4,6,9-12H,5,7-8H2,1-2H3. The molecule has 0 saturated heterocycles. The normalized spacial score (nSPS) is 13.1. The van der Waals surface area contributed by atoms with Gasteiger partial charge in [0.25, 0.3) is 0 Å². The van der Waals surface area contributed by atoms with Gasteiger partial charge >= 0.3 is 0 Å². The van der Waals surface area contributed by atoms with Gasteiger partial charge in [0.2, 0.25) is 0 Å². The summed E-state index contributed by atoms with van der Waals surface area (Å²) in [6, 6.07) is 14.8. The molecular weight excluding hydrogens is 282 g/mol. The molecule has 2 heterocycles. The molecule has 0 bridgehead atoms. The fourth-order valence-corrected chi connectivity index (χ4v) is 3.33. The Kier molecular flexibility index (Phi) is 3.41. The maximum Gasteiger partial charge on any atom is 0.178 e. The van der Waals surface area contributed by atoms with Crippen molar-refractivity contribution in [3.05, 3.63) is 65.0 Å². The number of benzene rings is 1. The Morgan fingerprint density at radius 2 is 1.52 bits per heavy atom. The van der Waals surface area contributed by atoms with Crippen molar-refractivity contribution in [2.75, 3.05) is 0 Å². The summed E-state index contributed by atoms with van der Waals surface area (Å²) >= 11 is 0.